The summed E-state index contributed by atoms with van der Waals surface area (Å²) in [5, 5.41) is 8.88. The molecule has 0 aliphatic heterocycles. The number of hydrogen-bond acceptors (Lipinski definition) is 3. The maximum atomic E-state index is 11.7. The molecule has 1 aromatic carbocycles. The lowest BCUT2D eigenvalue weighted by Gasteiger charge is -2.04. The van der Waals surface area contributed by atoms with Crippen LogP contribution in [0, 0.1) is 11.3 Å². The smallest absolute Gasteiger partial charge is 0.0994 e. The molecule has 0 saturated heterocycles. The van der Waals surface area contributed by atoms with Gasteiger partial charge in [-0.05, 0) is 18.1 Å². The van der Waals surface area contributed by atoms with Crippen molar-refractivity contribution in [2.24, 2.45) is 0 Å². The van der Waals surface area contributed by atoms with E-state index in [4.69, 9.17) is 10.00 Å². The third-order valence-corrected chi connectivity index (χ3v) is 3.55. The summed E-state index contributed by atoms with van der Waals surface area (Å²) >= 11 is 0. The summed E-state index contributed by atoms with van der Waals surface area (Å²) in [6.45, 7) is 0.631. The zero-order valence-electron chi connectivity index (χ0n) is 9.31. The Morgan fingerprint density at radius 1 is 1.44 bits per heavy atom. The predicted molar refractivity (Wildman–Crippen MR) is 64.4 cm³/mol. The molecule has 0 radical (unpaired) electrons. The Kier molecular flexibility index (Phi) is 5.76. The van der Waals surface area contributed by atoms with E-state index in [9.17, 15) is 4.21 Å². The number of nitrogens with zero attached hydrogens (tertiary/aromatic N) is 1. The standard InChI is InChI=1S/C12H15NO2S/c1-15-7-4-8-16(14)10-12-6-3-2-5-11(12)9-13/h2-3,5-6H,4,7-8,10H2,1H3. The number of methoxy groups -OCH3 is 1. The summed E-state index contributed by atoms with van der Waals surface area (Å²) in [4.78, 5) is 0. The topological polar surface area (TPSA) is 50.1 Å². The van der Waals surface area contributed by atoms with Crippen LogP contribution in [0.3, 0.4) is 0 Å². The number of hydrogen-bond donors (Lipinski definition) is 0. The highest BCUT2D eigenvalue weighted by atomic mass is 32.2. The summed E-state index contributed by atoms with van der Waals surface area (Å²) < 4.78 is 16.6. The molecule has 0 heterocycles. The van der Waals surface area contributed by atoms with Crippen molar-refractivity contribution in [1.29, 1.82) is 5.26 Å². The van der Waals surface area contributed by atoms with Crippen LogP contribution in [0.2, 0.25) is 0 Å². The SMILES string of the molecule is COCCCS(=O)Cc1ccccc1C#N. The summed E-state index contributed by atoms with van der Waals surface area (Å²) in [7, 11) is 0.717. The maximum absolute atomic E-state index is 11.7. The van der Waals surface area contributed by atoms with Gasteiger partial charge in [-0.3, -0.25) is 4.21 Å². The fraction of sp³-hybridized carbons (Fsp3) is 0.417. The largest absolute Gasteiger partial charge is 0.385 e. The van der Waals surface area contributed by atoms with E-state index in [1.54, 1.807) is 13.2 Å². The van der Waals surface area contributed by atoms with Crippen LogP contribution in [-0.2, 0) is 21.3 Å². The second kappa shape index (κ2) is 7.15. The van der Waals surface area contributed by atoms with Crippen LogP contribution in [-0.4, -0.2) is 23.7 Å². The third-order valence-electron chi connectivity index (χ3n) is 2.17. The molecule has 0 spiro atoms. The first-order valence-corrected chi connectivity index (χ1v) is 6.58. The molecule has 1 rings (SSSR count). The fourth-order valence-electron chi connectivity index (χ4n) is 1.37. The van der Waals surface area contributed by atoms with Crippen LogP contribution < -0.4 is 0 Å². The maximum Gasteiger partial charge on any atom is 0.0994 e. The number of ether oxygens (including phenoxy) is 1. The first kappa shape index (κ1) is 12.9. The van der Waals surface area contributed by atoms with E-state index in [1.807, 2.05) is 18.2 Å². The van der Waals surface area contributed by atoms with Crippen LogP contribution in [0.5, 0.6) is 0 Å². The summed E-state index contributed by atoms with van der Waals surface area (Å²) in [6.07, 6.45) is 0.790. The minimum Gasteiger partial charge on any atom is -0.385 e. The first-order valence-electron chi connectivity index (χ1n) is 5.10. The molecule has 0 N–H and O–H groups in total. The van der Waals surface area contributed by atoms with Gasteiger partial charge in [0.2, 0.25) is 0 Å². The van der Waals surface area contributed by atoms with Crippen molar-refractivity contribution in [1.82, 2.24) is 0 Å². The van der Waals surface area contributed by atoms with E-state index < -0.39 is 10.8 Å². The molecule has 1 aromatic rings. The van der Waals surface area contributed by atoms with Gasteiger partial charge in [0.15, 0.2) is 0 Å². The van der Waals surface area contributed by atoms with Crippen LogP contribution in [0.15, 0.2) is 24.3 Å². The highest BCUT2D eigenvalue weighted by molar-refractivity contribution is 7.84. The Morgan fingerprint density at radius 2 is 2.19 bits per heavy atom. The zero-order chi connectivity index (χ0) is 11.8. The van der Waals surface area contributed by atoms with E-state index >= 15 is 0 Å². The number of benzene rings is 1. The van der Waals surface area contributed by atoms with Gasteiger partial charge in [-0.15, -0.1) is 0 Å². The summed E-state index contributed by atoms with van der Waals surface area (Å²) in [5.74, 6) is 1.07. The lowest BCUT2D eigenvalue weighted by molar-refractivity contribution is 0.200. The highest BCUT2D eigenvalue weighted by Gasteiger charge is 2.05. The van der Waals surface area contributed by atoms with Crippen LogP contribution in [0.4, 0.5) is 0 Å². The molecule has 0 aromatic heterocycles. The minimum absolute atomic E-state index is 0.452. The van der Waals surface area contributed by atoms with E-state index in [2.05, 4.69) is 6.07 Å². The Morgan fingerprint density at radius 3 is 2.88 bits per heavy atom. The molecule has 0 fully saturated rings. The van der Waals surface area contributed by atoms with Gasteiger partial charge in [0.05, 0.1) is 11.6 Å². The molecule has 16 heavy (non-hydrogen) atoms. The van der Waals surface area contributed by atoms with Gasteiger partial charge < -0.3 is 4.74 Å². The molecule has 4 heteroatoms. The molecule has 0 amide bonds. The van der Waals surface area contributed by atoms with Crippen molar-refractivity contribution in [3.05, 3.63) is 35.4 Å². The Bertz CT molecular complexity index is 398. The lowest BCUT2D eigenvalue weighted by atomic mass is 10.1. The monoisotopic (exact) mass is 237 g/mol. The van der Waals surface area contributed by atoms with Crippen molar-refractivity contribution >= 4 is 10.8 Å². The van der Waals surface area contributed by atoms with Crippen LogP contribution >= 0.6 is 0 Å². The van der Waals surface area contributed by atoms with Crippen molar-refractivity contribution in [2.75, 3.05) is 19.5 Å². The zero-order valence-corrected chi connectivity index (χ0v) is 10.1. The minimum atomic E-state index is -0.915. The molecule has 1 unspecified atom stereocenters. The molecular weight excluding hydrogens is 222 g/mol. The molecule has 0 aliphatic carbocycles. The molecule has 1 atom stereocenters. The van der Waals surface area contributed by atoms with E-state index in [0.29, 0.717) is 23.7 Å². The van der Waals surface area contributed by atoms with Crippen molar-refractivity contribution in [2.45, 2.75) is 12.2 Å². The lowest BCUT2D eigenvalue weighted by Crippen LogP contribution is -2.04. The van der Waals surface area contributed by atoms with Gasteiger partial charge in [-0.25, -0.2) is 0 Å². The Balaban J connectivity index is 2.53. The quantitative estimate of drug-likeness (QED) is 0.709. The second-order valence-electron chi connectivity index (χ2n) is 3.40. The second-order valence-corrected chi connectivity index (χ2v) is 4.98. The van der Waals surface area contributed by atoms with Gasteiger partial charge in [0, 0.05) is 36.0 Å². The highest BCUT2D eigenvalue weighted by Crippen LogP contribution is 2.10. The summed E-state index contributed by atoms with van der Waals surface area (Å²) in [5.41, 5.74) is 1.48. The van der Waals surface area contributed by atoms with Crippen LogP contribution in [0.1, 0.15) is 17.5 Å². The van der Waals surface area contributed by atoms with E-state index in [1.165, 1.54) is 0 Å². The van der Waals surface area contributed by atoms with Gasteiger partial charge in [0.25, 0.3) is 0 Å². The average molecular weight is 237 g/mol. The molecular formula is C12H15NO2S. The van der Waals surface area contributed by atoms with Crippen molar-refractivity contribution in [3.63, 3.8) is 0 Å². The molecule has 0 saturated carbocycles. The number of rotatable bonds is 6. The van der Waals surface area contributed by atoms with Gasteiger partial charge in [0.1, 0.15) is 0 Å². The third kappa shape index (κ3) is 4.13. The van der Waals surface area contributed by atoms with Gasteiger partial charge >= 0.3 is 0 Å². The normalized spacial score (nSPS) is 12.0. The van der Waals surface area contributed by atoms with Gasteiger partial charge in [-0.2, -0.15) is 5.26 Å². The van der Waals surface area contributed by atoms with E-state index in [-0.39, 0.29) is 0 Å². The van der Waals surface area contributed by atoms with Crippen LogP contribution in [0.25, 0.3) is 0 Å². The molecule has 86 valence electrons. The van der Waals surface area contributed by atoms with Crippen molar-refractivity contribution < 1.29 is 8.95 Å². The fourth-order valence-corrected chi connectivity index (χ4v) is 2.55. The van der Waals surface area contributed by atoms with Crippen molar-refractivity contribution in [3.8, 4) is 6.07 Å². The first-order chi connectivity index (χ1) is 7.77. The predicted octanol–water partition coefficient (Wildman–Crippen LogP) is 1.84. The number of nitriles is 1. The molecule has 0 bridgehead atoms. The average Bonchev–Trinajstić information content (AvgIpc) is 2.30. The Labute approximate surface area is 98.5 Å². The van der Waals surface area contributed by atoms with Gasteiger partial charge in [-0.1, -0.05) is 18.2 Å². The molecule has 3 nitrogen and oxygen atoms in total. The van der Waals surface area contributed by atoms with E-state index in [0.717, 1.165) is 12.0 Å². The Hall–Kier alpha value is -1.18. The molecule has 0 aliphatic rings. The summed E-state index contributed by atoms with van der Waals surface area (Å²) in [6, 6.07) is 9.39.